The highest BCUT2D eigenvalue weighted by atomic mass is 16.6. The van der Waals surface area contributed by atoms with Gasteiger partial charge < -0.3 is 33.8 Å². The number of fused-ring (bicyclic) bond motifs is 6. The van der Waals surface area contributed by atoms with Gasteiger partial charge in [0.2, 0.25) is 0 Å². The van der Waals surface area contributed by atoms with Crippen LogP contribution >= 0.6 is 0 Å². The van der Waals surface area contributed by atoms with E-state index in [2.05, 4.69) is 99.8 Å². The van der Waals surface area contributed by atoms with Crippen LogP contribution < -0.4 is 4.90 Å². The van der Waals surface area contributed by atoms with Gasteiger partial charge in [-0.25, -0.2) is 4.98 Å². The average Bonchev–Trinajstić information content (AvgIpc) is 3.85. The minimum absolute atomic E-state index is 0.539. The lowest BCUT2D eigenvalue weighted by atomic mass is 10.0. The van der Waals surface area contributed by atoms with Gasteiger partial charge in [-0.05, 0) is 47.5 Å². The molecule has 1 fully saturated rings. The Kier molecular flexibility index (Phi) is 9.16. The first kappa shape index (κ1) is 29.3. The van der Waals surface area contributed by atoms with E-state index in [4.69, 9.17) is 23.9 Å². The molecule has 2 aromatic carbocycles. The van der Waals surface area contributed by atoms with E-state index < -0.39 is 0 Å². The highest BCUT2D eigenvalue weighted by Crippen LogP contribution is 2.36. The normalized spacial score (nSPS) is 16.4. The molecule has 6 bridgehead atoms. The zero-order chi connectivity index (χ0) is 30.3. The molecule has 0 unspecified atom stereocenters. The molecule has 5 heterocycles. The molecule has 0 amide bonds. The summed E-state index contributed by atoms with van der Waals surface area (Å²) in [5.74, 6) is 0. The summed E-state index contributed by atoms with van der Waals surface area (Å²) in [5, 5.41) is 0. The van der Waals surface area contributed by atoms with Gasteiger partial charge in [0.25, 0.3) is 0 Å². The SMILES string of the molecule is C1=Cc2nc1c(-c1ccccc1)c1ccc([nH]1)c(N1CCOCCOCCOCCOCC1)c1ccc([nH]1)c2-c1ccccc1. The highest BCUT2D eigenvalue weighted by molar-refractivity contribution is 5.98. The molecule has 230 valence electrons. The number of H-pyrrole nitrogens is 2. The van der Waals surface area contributed by atoms with Gasteiger partial charge in [0.1, 0.15) is 0 Å². The van der Waals surface area contributed by atoms with E-state index in [-0.39, 0.29) is 0 Å². The quantitative estimate of drug-likeness (QED) is 0.230. The van der Waals surface area contributed by atoms with Crippen molar-refractivity contribution in [2.75, 3.05) is 70.8 Å². The van der Waals surface area contributed by atoms with Gasteiger partial charge in [0, 0.05) is 35.2 Å². The molecule has 3 aromatic heterocycles. The number of aromatic amines is 2. The zero-order valence-corrected chi connectivity index (χ0v) is 25.3. The predicted octanol–water partition coefficient (Wildman–Crippen LogP) is 6.87. The van der Waals surface area contributed by atoms with E-state index in [0.29, 0.717) is 65.9 Å². The number of nitrogens with zero attached hydrogens (tertiary/aromatic N) is 2. The molecule has 8 heteroatoms. The van der Waals surface area contributed by atoms with Crippen molar-refractivity contribution < 1.29 is 18.9 Å². The van der Waals surface area contributed by atoms with Crippen LogP contribution in [-0.4, -0.2) is 80.9 Å². The van der Waals surface area contributed by atoms with Crippen molar-refractivity contribution in [1.29, 1.82) is 0 Å². The number of anilines is 1. The summed E-state index contributed by atoms with van der Waals surface area (Å²) in [6, 6.07) is 29.6. The fourth-order valence-electron chi connectivity index (χ4n) is 6.02. The van der Waals surface area contributed by atoms with Gasteiger partial charge >= 0.3 is 0 Å². The van der Waals surface area contributed by atoms with Crippen LogP contribution in [0.2, 0.25) is 0 Å². The first-order valence-electron chi connectivity index (χ1n) is 15.7. The summed E-state index contributed by atoms with van der Waals surface area (Å²) in [5.41, 5.74) is 11.3. The van der Waals surface area contributed by atoms with Crippen molar-refractivity contribution in [2.45, 2.75) is 0 Å². The molecule has 0 radical (unpaired) electrons. The van der Waals surface area contributed by atoms with Crippen LogP contribution in [0, 0.1) is 0 Å². The van der Waals surface area contributed by atoms with Crippen LogP contribution in [0.5, 0.6) is 0 Å². The monoisotopic (exact) mass is 602 g/mol. The predicted molar refractivity (Wildman–Crippen MR) is 181 cm³/mol. The third kappa shape index (κ3) is 6.65. The Balaban J connectivity index is 1.43. The van der Waals surface area contributed by atoms with Crippen molar-refractivity contribution in [3.05, 3.63) is 96.3 Å². The summed E-state index contributed by atoms with van der Waals surface area (Å²) < 4.78 is 23.3. The summed E-state index contributed by atoms with van der Waals surface area (Å²) in [4.78, 5) is 15.1. The van der Waals surface area contributed by atoms with Crippen molar-refractivity contribution in [3.8, 4) is 22.3 Å². The lowest BCUT2D eigenvalue weighted by Gasteiger charge is -2.25. The number of aromatic nitrogens is 3. The Morgan fingerprint density at radius 2 is 0.867 bits per heavy atom. The lowest BCUT2D eigenvalue weighted by molar-refractivity contribution is 0.00206. The summed E-state index contributed by atoms with van der Waals surface area (Å²) in [7, 11) is 0. The van der Waals surface area contributed by atoms with Gasteiger partial charge in [-0.2, -0.15) is 0 Å². The zero-order valence-electron chi connectivity index (χ0n) is 25.3. The maximum atomic E-state index is 6.01. The first-order valence-corrected chi connectivity index (χ1v) is 15.7. The van der Waals surface area contributed by atoms with E-state index in [1.54, 1.807) is 0 Å². The third-order valence-corrected chi connectivity index (χ3v) is 8.14. The fraction of sp³-hybridized carbons (Fsp3) is 0.270. The Morgan fingerprint density at radius 1 is 0.467 bits per heavy atom. The van der Waals surface area contributed by atoms with Crippen molar-refractivity contribution in [2.24, 2.45) is 0 Å². The summed E-state index contributed by atoms with van der Waals surface area (Å²) in [6.45, 7) is 5.78. The van der Waals surface area contributed by atoms with Crippen molar-refractivity contribution in [1.82, 2.24) is 15.0 Å². The standard InChI is InChI=1S/C37H38N4O4/c1-3-7-27(8-4-1)35-29-11-12-30(38-29)36(28-9-5-2-6-10-28)32-14-16-34(40-32)37(33-15-13-31(35)39-33)41-17-19-42-21-23-44-25-26-45-24-22-43-20-18-41/h1-16,39-40H,17-26H2. The molecule has 0 aliphatic carbocycles. The molecular weight excluding hydrogens is 564 g/mol. The van der Waals surface area contributed by atoms with Crippen LogP contribution in [0.15, 0.2) is 84.9 Å². The van der Waals surface area contributed by atoms with Gasteiger partial charge in [0.05, 0.1) is 81.0 Å². The van der Waals surface area contributed by atoms with E-state index in [0.717, 1.165) is 61.4 Å². The third-order valence-electron chi connectivity index (χ3n) is 8.14. The smallest absolute Gasteiger partial charge is 0.0846 e. The number of nitrogens with one attached hydrogen (secondary N) is 2. The molecule has 0 spiro atoms. The van der Waals surface area contributed by atoms with Crippen molar-refractivity contribution in [3.63, 3.8) is 0 Å². The molecule has 5 aromatic rings. The number of ether oxygens (including phenoxy) is 4. The second-order valence-corrected chi connectivity index (χ2v) is 11.1. The van der Waals surface area contributed by atoms with Gasteiger partial charge in [-0.15, -0.1) is 0 Å². The Hall–Kier alpha value is -4.47. The Labute approximate surface area is 262 Å². The lowest BCUT2D eigenvalue weighted by Crippen LogP contribution is -2.32. The van der Waals surface area contributed by atoms with Crippen LogP contribution in [0.25, 0.3) is 56.5 Å². The number of rotatable bonds is 3. The summed E-state index contributed by atoms with van der Waals surface area (Å²) in [6.07, 6.45) is 4.25. The molecule has 45 heavy (non-hydrogen) atoms. The van der Waals surface area contributed by atoms with E-state index >= 15 is 0 Å². The van der Waals surface area contributed by atoms with Crippen molar-refractivity contribution >= 4 is 39.9 Å². The fourth-order valence-corrected chi connectivity index (χ4v) is 6.02. The highest BCUT2D eigenvalue weighted by Gasteiger charge is 2.18. The molecule has 1 saturated heterocycles. The first-order chi connectivity index (χ1) is 22.3. The minimum atomic E-state index is 0.539. The maximum absolute atomic E-state index is 6.01. The average molecular weight is 603 g/mol. The Bertz CT molecular complexity index is 1700. The van der Waals surface area contributed by atoms with Gasteiger partial charge in [-0.3, -0.25) is 0 Å². The number of hydrogen-bond donors (Lipinski definition) is 2. The molecule has 2 aliphatic heterocycles. The topological polar surface area (TPSA) is 84.6 Å². The van der Waals surface area contributed by atoms with Crippen LogP contribution in [-0.2, 0) is 18.9 Å². The Morgan fingerprint density at radius 3 is 1.31 bits per heavy atom. The van der Waals surface area contributed by atoms with E-state index in [9.17, 15) is 0 Å². The second-order valence-electron chi connectivity index (χ2n) is 11.1. The molecule has 0 saturated carbocycles. The summed E-state index contributed by atoms with van der Waals surface area (Å²) >= 11 is 0. The van der Waals surface area contributed by atoms with Gasteiger partial charge in [0.15, 0.2) is 0 Å². The van der Waals surface area contributed by atoms with Crippen LogP contribution in [0.3, 0.4) is 0 Å². The minimum Gasteiger partial charge on any atom is -0.377 e. The van der Waals surface area contributed by atoms with Crippen LogP contribution in [0.4, 0.5) is 5.69 Å². The largest absolute Gasteiger partial charge is 0.377 e. The van der Waals surface area contributed by atoms with E-state index in [1.165, 1.54) is 0 Å². The molecule has 8 nitrogen and oxygen atoms in total. The molecule has 0 atom stereocenters. The second kappa shape index (κ2) is 14.1. The van der Waals surface area contributed by atoms with E-state index in [1.807, 2.05) is 12.1 Å². The number of benzene rings is 2. The van der Waals surface area contributed by atoms with Gasteiger partial charge in [-0.1, -0.05) is 60.7 Å². The molecule has 2 N–H and O–H groups in total. The molecular formula is C37H38N4O4. The number of hydrogen-bond acceptors (Lipinski definition) is 6. The molecule has 7 rings (SSSR count). The molecule has 2 aliphatic rings. The van der Waals surface area contributed by atoms with Crippen LogP contribution in [0.1, 0.15) is 11.4 Å². The maximum Gasteiger partial charge on any atom is 0.0846 e.